The standard InChI is InChI=1S/C10H11N5O8/c1-12(6-10(16)22-2)15(21)11-23-9-4-3-7(13(17)18)5-8(9)14(19)20/h3-5H,6H2,1-2H3/b15-11-. The van der Waals surface area contributed by atoms with Crippen molar-refractivity contribution in [2.75, 3.05) is 20.7 Å². The summed E-state index contributed by atoms with van der Waals surface area (Å²) in [6.07, 6.45) is 0. The number of carbonyl (C=O) groups is 1. The topological polar surface area (TPSA) is 163 Å². The lowest BCUT2D eigenvalue weighted by atomic mass is 10.2. The highest BCUT2D eigenvalue weighted by atomic mass is 16.7. The number of esters is 1. The first kappa shape index (κ1) is 17.5. The van der Waals surface area contributed by atoms with E-state index in [-0.39, 0.29) is 4.97 Å². The highest BCUT2D eigenvalue weighted by molar-refractivity contribution is 5.71. The van der Waals surface area contributed by atoms with Gasteiger partial charge < -0.3 is 9.94 Å². The maximum Gasteiger partial charge on any atom is 0.331 e. The molecule has 13 heteroatoms. The Morgan fingerprint density at radius 1 is 1.26 bits per heavy atom. The monoisotopic (exact) mass is 329 g/mol. The van der Waals surface area contributed by atoms with Crippen molar-refractivity contribution in [3.63, 3.8) is 0 Å². The van der Waals surface area contributed by atoms with Crippen molar-refractivity contribution in [1.82, 2.24) is 5.01 Å². The van der Waals surface area contributed by atoms with Crippen LogP contribution in [0.1, 0.15) is 0 Å². The minimum absolute atomic E-state index is 0.137. The number of methoxy groups -OCH3 is 1. The summed E-state index contributed by atoms with van der Waals surface area (Å²) < 4.78 is 4.34. The lowest BCUT2D eigenvalue weighted by Gasteiger charge is -2.10. The van der Waals surface area contributed by atoms with Gasteiger partial charge in [0.15, 0.2) is 6.54 Å². The van der Waals surface area contributed by atoms with E-state index in [2.05, 4.69) is 14.9 Å². The Hall–Kier alpha value is -3.51. The fraction of sp³-hybridized carbons (Fsp3) is 0.300. The number of hydrogen-bond donors (Lipinski definition) is 0. The summed E-state index contributed by atoms with van der Waals surface area (Å²) >= 11 is 0. The van der Waals surface area contributed by atoms with Crippen molar-refractivity contribution >= 4 is 17.3 Å². The molecule has 0 radical (unpaired) electrons. The highest BCUT2D eigenvalue weighted by Crippen LogP contribution is 2.31. The zero-order chi connectivity index (χ0) is 17.6. The van der Waals surface area contributed by atoms with Gasteiger partial charge in [-0.25, -0.2) is 4.79 Å². The Morgan fingerprint density at radius 3 is 2.43 bits per heavy atom. The molecule has 0 heterocycles. The molecule has 0 amide bonds. The van der Waals surface area contributed by atoms with E-state index in [0.717, 1.165) is 24.3 Å². The van der Waals surface area contributed by atoms with Gasteiger partial charge in [-0.1, -0.05) is 0 Å². The molecule has 0 aliphatic heterocycles. The van der Waals surface area contributed by atoms with Crippen LogP contribution in [0, 0.1) is 25.4 Å². The number of benzene rings is 1. The van der Waals surface area contributed by atoms with E-state index in [0.29, 0.717) is 6.07 Å². The van der Waals surface area contributed by atoms with Gasteiger partial charge in [-0.3, -0.25) is 25.1 Å². The second kappa shape index (κ2) is 7.48. The molecular formula is C10H11N5O8. The Balaban J connectivity index is 2.95. The largest absolute Gasteiger partial charge is 0.569 e. The normalized spacial score (nSPS) is 10.8. The minimum Gasteiger partial charge on any atom is -0.569 e. The predicted octanol–water partition coefficient (Wildman–Crippen LogP) is 0.779. The Bertz CT molecular complexity index is 661. The van der Waals surface area contributed by atoms with Crippen LogP contribution in [0.4, 0.5) is 11.4 Å². The van der Waals surface area contributed by atoms with Crippen LogP contribution in [0.5, 0.6) is 5.75 Å². The average Bonchev–Trinajstić information content (AvgIpc) is 2.51. The van der Waals surface area contributed by atoms with Crippen molar-refractivity contribution in [3.05, 3.63) is 43.6 Å². The number of nitro groups is 2. The second-order valence-corrected chi connectivity index (χ2v) is 3.98. The first-order chi connectivity index (χ1) is 10.8. The Kier molecular flexibility index (Phi) is 5.71. The molecule has 0 bridgehead atoms. The van der Waals surface area contributed by atoms with Crippen molar-refractivity contribution in [2.24, 2.45) is 5.28 Å². The van der Waals surface area contributed by atoms with Crippen molar-refractivity contribution in [3.8, 4) is 5.75 Å². The molecule has 0 spiro atoms. The van der Waals surface area contributed by atoms with E-state index in [1.165, 1.54) is 7.05 Å². The van der Waals surface area contributed by atoms with Crippen LogP contribution in [0.3, 0.4) is 0 Å². The summed E-state index contributed by atoms with van der Waals surface area (Å²) in [7, 11) is 2.32. The summed E-state index contributed by atoms with van der Waals surface area (Å²) in [4.78, 5) is 35.1. The molecule has 0 fully saturated rings. The fourth-order valence-corrected chi connectivity index (χ4v) is 1.29. The lowest BCUT2D eigenvalue weighted by molar-refractivity contribution is -0.699. The third kappa shape index (κ3) is 4.76. The minimum atomic E-state index is -0.925. The van der Waals surface area contributed by atoms with E-state index in [9.17, 15) is 30.2 Å². The summed E-state index contributed by atoms with van der Waals surface area (Å²) in [6, 6.07) is 2.54. The molecule has 1 aromatic rings. The quantitative estimate of drug-likeness (QED) is 0.231. The van der Waals surface area contributed by atoms with Crippen molar-refractivity contribution < 1.29 is 29.2 Å². The number of ether oxygens (including phenoxy) is 1. The van der Waals surface area contributed by atoms with Gasteiger partial charge >= 0.3 is 11.7 Å². The summed E-state index contributed by atoms with van der Waals surface area (Å²) in [5.41, 5.74) is -1.27. The Morgan fingerprint density at radius 2 is 1.91 bits per heavy atom. The van der Waals surface area contributed by atoms with Crippen LogP contribution in [0.2, 0.25) is 0 Å². The van der Waals surface area contributed by atoms with Crippen LogP contribution < -0.4 is 4.84 Å². The highest BCUT2D eigenvalue weighted by Gasteiger charge is 2.22. The number of carbonyl (C=O) groups excluding carboxylic acids is 1. The molecule has 0 N–H and O–H groups in total. The predicted molar refractivity (Wildman–Crippen MR) is 71.1 cm³/mol. The average molecular weight is 329 g/mol. The molecule has 0 aliphatic carbocycles. The van der Waals surface area contributed by atoms with Gasteiger partial charge in [0.1, 0.15) is 0 Å². The van der Waals surface area contributed by atoms with Crippen LogP contribution in [0.15, 0.2) is 23.5 Å². The van der Waals surface area contributed by atoms with Gasteiger partial charge in [0, 0.05) is 6.07 Å². The molecule has 0 aromatic heterocycles. The number of hydrazine groups is 1. The van der Waals surface area contributed by atoms with Gasteiger partial charge in [-0.05, 0) is 6.07 Å². The first-order valence-electron chi connectivity index (χ1n) is 5.82. The number of rotatable bonds is 7. The van der Waals surface area contributed by atoms with Gasteiger partial charge in [-0.2, -0.15) is 0 Å². The molecule has 1 rings (SSSR count). The first-order valence-corrected chi connectivity index (χ1v) is 5.82. The van der Waals surface area contributed by atoms with E-state index in [1.54, 1.807) is 0 Å². The van der Waals surface area contributed by atoms with Gasteiger partial charge in [0.2, 0.25) is 11.0 Å². The van der Waals surface area contributed by atoms with Crippen LogP contribution in [0.25, 0.3) is 0 Å². The number of non-ortho nitro benzene ring substituents is 1. The van der Waals surface area contributed by atoms with Crippen molar-refractivity contribution in [2.45, 2.75) is 0 Å². The van der Waals surface area contributed by atoms with E-state index in [4.69, 9.17) is 0 Å². The number of nitrogens with zero attached hydrogens (tertiary/aromatic N) is 5. The summed E-state index contributed by atoms with van der Waals surface area (Å²) in [5.74, 6) is -1.20. The zero-order valence-corrected chi connectivity index (χ0v) is 11.9. The van der Waals surface area contributed by atoms with Crippen LogP contribution >= 0.6 is 0 Å². The van der Waals surface area contributed by atoms with Crippen molar-refractivity contribution in [1.29, 1.82) is 0 Å². The maximum absolute atomic E-state index is 11.5. The zero-order valence-electron chi connectivity index (χ0n) is 11.9. The molecule has 0 saturated carbocycles. The Labute approximate surface area is 128 Å². The third-order valence-electron chi connectivity index (χ3n) is 2.44. The molecule has 124 valence electrons. The van der Waals surface area contributed by atoms with Crippen LogP contribution in [-0.2, 0) is 9.53 Å². The SMILES string of the molecule is COC(=O)CN(C)/[N+]([O-])=N/Oc1ccc([N+](=O)[O-])cc1[N+](=O)[O-]. The van der Waals surface area contributed by atoms with E-state index in [1.807, 2.05) is 0 Å². The smallest absolute Gasteiger partial charge is 0.331 e. The molecule has 1 aromatic carbocycles. The van der Waals surface area contributed by atoms with E-state index >= 15 is 0 Å². The molecule has 0 unspecified atom stereocenters. The third-order valence-corrected chi connectivity index (χ3v) is 2.44. The number of likely N-dealkylation sites (N-methyl/N-ethyl adjacent to an activating group) is 1. The fourth-order valence-electron chi connectivity index (χ4n) is 1.29. The van der Waals surface area contributed by atoms with Gasteiger partial charge in [-0.15, -0.1) is 5.01 Å². The maximum atomic E-state index is 11.5. The number of nitro benzene ring substituents is 2. The molecule has 0 saturated heterocycles. The van der Waals surface area contributed by atoms with Gasteiger partial charge in [0.05, 0.1) is 35.0 Å². The van der Waals surface area contributed by atoms with E-state index < -0.39 is 39.5 Å². The van der Waals surface area contributed by atoms with Gasteiger partial charge in [0.25, 0.3) is 5.69 Å². The second-order valence-electron chi connectivity index (χ2n) is 3.98. The summed E-state index contributed by atoms with van der Waals surface area (Å²) in [5, 5.41) is 36.7. The van der Waals surface area contributed by atoms with Crippen LogP contribution in [-0.4, -0.2) is 46.5 Å². The summed E-state index contributed by atoms with van der Waals surface area (Å²) in [6.45, 7) is -0.435. The molecule has 23 heavy (non-hydrogen) atoms. The number of hydrogen-bond acceptors (Lipinski definition) is 9. The molecule has 13 nitrogen and oxygen atoms in total. The molecular weight excluding hydrogens is 318 g/mol. The molecule has 0 aliphatic rings. The lowest BCUT2D eigenvalue weighted by Crippen LogP contribution is -2.32. The molecule has 0 atom stereocenters.